The smallest absolute Gasteiger partial charge is 0.140 e. The van der Waals surface area contributed by atoms with Crippen LogP contribution in [-0.4, -0.2) is 16.9 Å². The average Bonchev–Trinajstić information content (AvgIpc) is 2.19. The molecule has 1 unspecified atom stereocenters. The van der Waals surface area contributed by atoms with E-state index < -0.39 is 0 Å². The van der Waals surface area contributed by atoms with E-state index in [1.165, 1.54) is 0 Å². The quantitative estimate of drug-likeness (QED) is 0.819. The van der Waals surface area contributed by atoms with Gasteiger partial charge in [-0.1, -0.05) is 11.6 Å². The average molecular weight is 312 g/mol. The summed E-state index contributed by atoms with van der Waals surface area (Å²) >= 11 is 14.8. The molecule has 1 rings (SSSR count). The Morgan fingerprint density at radius 1 is 1.60 bits per heavy atom. The summed E-state index contributed by atoms with van der Waals surface area (Å²) in [7, 11) is 0. The molecule has 0 aliphatic carbocycles. The van der Waals surface area contributed by atoms with E-state index in [2.05, 4.69) is 33.2 Å². The lowest BCUT2D eigenvalue weighted by molar-refractivity contribution is 0.690. The molecule has 0 fully saturated rings. The summed E-state index contributed by atoms with van der Waals surface area (Å²) < 4.78 is 0.882. The molecule has 0 aliphatic heterocycles. The molecular formula is C10H13BrCl2N2. The van der Waals surface area contributed by atoms with E-state index in [-0.39, 0.29) is 0 Å². The Labute approximate surface area is 108 Å². The minimum Gasteiger partial charge on any atom is -0.367 e. The van der Waals surface area contributed by atoms with Crippen molar-refractivity contribution >= 4 is 44.9 Å². The largest absolute Gasteiger partial charge is 0.367 e. The fraction of sp³-hybridized carbons (Fsp3) is 0.500. The topological polar surface area (TPSA) is 24.9 Å². The second-order valence-electron chi connectivity index (χ2n) is 3.36. The lowest BCUT2D eigenvalue weighted by Crippen LogP contribution is -2.16. The van der Waals surface area contributed by atoms with Gasteiger partial charge in [-0.3, -0.25) is 0 Å². The van der Waals surface area contributed by atoms with Crippen molar-refractivity contribution in [3.8, 4) is 0 Å². The SMILES string of the molecule is CC(CCCCl)Nc1ncc(Cl)cc1Br. The summed E-state index contributed by atoms with van der Waals surface area (Å²) in [5.41, 5.74) is 0. The number of nitrogens with zero attached hydrogens (tertiary/aromatic N) is 1. The minimum absolute atomic E-state index is 0.355. The molecule has 1 N–H and O–H groups in total. The second-order valence-corrected chi connectivity index (χ2v) is 5.03. The number of anilines is 1. The van der Waals surface area contributed by atoms with Crippen molar-refractivity contribution in [2.45, 2.75) is 25.8 Å². The summed E-state index contributed by atoms with van der Waals surface area (Å²) in [5.74, 6) is 1.52. The first-order valence-electron chi connectivity index (χ1n) is 4.77. The lowest BCUT2D eigenvalue weighted by Gasteiger charge is -2.14. The number of halogens is 3. The number of rotatable bonds is 5. The maximum Gasteiger partial charge on any atom is 0.140 e. The molecule has 0 aliphatic rings. The molecule has 0 saturated carbocycles. The molecule has 84 valence electrons. The normalized spacial score (nSPS) is 12.5. The third-order valence-corrected chi connectivity index (χ3v) is 3.04. The summed E-state index contributed by atoms with van der Waals surface area (Å²) in [6.45, 7) is 2.11. The predicted molar refractivity (Wildman–Crippen MR) is 70.0 cm³/mol. The van der Waals surface area contributed by atoms with Gasteiger partial charge in [-0.2, -0.15) is 0 Å². The zero-order chi connectivity index (χ0) is 11.3. The van der Waals surface area contributed by atoms with Gasteiger partial charge >= 0.3 is 0 Å². The van der Waals surface area contributed by atoms with Crippen molar-refractivity contribution in [2.24, 2.45) is 0 Å². The van der Waals surface area contributed by atoms with Gasteiger partial charge in [0.1, 0.15) is 5.82 Å². The molecule has 2 nitrogen and oxygen atoms in total. The summed E-state index contributed by atoms with van der Waals surface area (Å²) in [6.07, 6.45) is 3.66. The highest BCUT2D eigenvalue weighted by Gasteiger charge is 2.06. The summed E-state index contributed by atoms with van der Waals surface area (Å²) in [6, 6.07) is 2.18. The molecule has 1 aromatic heterocycles. The van der Waals surface area contributed by atoms with E-state index in [1.807, 2.05) is 6.07 Å². The number of alkyl halides is 1. The first-order valence-corrected chi connectivity index (χ1v) is 6.47. The van der Waals surface area contributed by atoms with Crippen LogP contribution in [0.2, 0.25) is 5.02 Å². The van der Waals surface area contributed by atoms with Gasteiger partial charge in [0.05, 0.1) is 9.50 Å². The fourth-order valence-corrected chi connectivity index (χ4v) is 2.12. The minimum atomic E-state index is 0.355. The first kappa shape index (κ1) is 13.1. The van der Waals surface area contributed by atoms with Crippen LogP contribution in [-0.2, 0) is 0 Å². The Morgan fingerprint density at radius 2 is 2.33 bits per heavy atom. The van der Waals surface area contributed by atoms with Crippen LogP contribution in [0.3, 0.4) is 0 Å². The van der Waals surface area contributed by atoms with Crippen molar-refractivity contribution in [1.82, 2.24) is 4.98 Å². The van der Waals surface area contributed by atoms with E-state index in [4.69, 9.17) is 23.2 Å². The molecule has 0 amide bonds. The van der Waals surface area contributed by atoms with Gasteiger partial charge in [-0.25, -0.2) is 4.98 Å². The molecule has 1 heterocycles. The van der Waals surface area contributed by atoms with Crippen molar-refractivity contribution in [2.75, 3.05) is 11.2 Å². The Balaban J connectivity index is 2.56. The van der Waals surface area contributed by atoms with Crippen LogP contribution in [0.4, 0.5) is 5.82 Å². The van der Waals surface area contributed by atoms with Crippen LogP contribution in [0.15, 0.2) is 16.7 Å². The third kappa shape index (κ3) is 4.58. The first-order chi connectivity index (χ1) is 7.13. The lowest BCUT2D eigenvalue weighted by atomic mass is 10.2. The van der Waals surface area contributed by atoms with Gasteiger partial charge in [0.25, 0.3) is 0 Å². The predicted octanol–water partition coefficient (Wildman–Crippen LogP) is 4.32. The van der Waals surface area contributed by atoms with Gasteiger partial charge in [0.2, 0.25) is 0 Å². The zero-order valence-corrected chi connectivity index (χ0v) is 11.5. The number of aromatic nitrogens is 1. The standard InChI is InChI=1S/C10H13BrCl2N2/c1-7(3-2-4-12)15-10-9(11)5-8(13)6-14-10/h5-7H,2-4H2,1H3,(H,14,15). The molecule has 1 atom stereocenters. The van der Waals surface area contributed by atoms with Crippen LogP contribution in [0.25, 0.3) is 0 Å². The Bertz CT molecular complexity index is 320. The maximum absolute atomic E-state index is 5.80. The number of hydrogen-bond donors (Lipinski definition) is 1. The number of hydrogen-bond acceptors (Lipinski definition) is 2. The molecule has 15 heavy (non-hydrogen) atoms. The second kappa shape index (κ2) is 6.56. The van der Waals surface area contributed by atoms with Crippen LogP contribution >= 0.6 is 39.1 Å². The Morgan fingerprint density at radius 3 is 2.93 bits per heavy atom. The molecule has 0 bridgehead atoms. The van der Waals surface area contributed by atoms with Crippen LogP contribution in [0, 0.1) is 0 Å². The molecule has 1 aromatic rings. The number of nitrogens with one attached hydrogen (secondary N) is 1. The van der Waals surface area contributed by atoms with Crippen molar-refractivity contribution in [3.63, 3.8) is 0 Å². The zero-order valence-electron chi connectivity index (χ0n) is 8.43. The molecular weight excluding hydrogens is 299 g/mol. The molecule has 0 spiro atoms. The van der Waals surface area contributed by atoms with Crippen molar-refractivity contribution < 1.29 is 0 Å². The van der Waals surface area contributed by atoms with Crippen molar-refractivity contribution in [3.05, 3.63) is 21.8 Å². The van der Waals surface area contributed by atoms with Crippen LogP contribution < -0.4 is 5.32 Å². The van der Waals surface area contributed by atoms with E-state index >= 15 is 0 Å². The van der Waals surface area contributed by atoms with Gasteiger partial charge in [-0.05, 0) is 41.8 Å². The monoisotopic (exact) mass is 310 g/mol. The summed E-state index contributed by atoms with van der Waals surface area (Å²) in [5, 5.41) is 3.92. The Hall–Kier alpha value is 0.01000. The van der Waals surface area contributed by atoms with Crippen LogP contribution in [0.1, 0.15) is 19.8 Å². The summed E-state index contributed by atoms with van der Waals surface area (Å²) in [4.78, 5) is 4.20. The highest BCUT2D eigenvalue weighted by atomic mass is 79.9. The number of pyridine rings is 1. The fourth-order valence-electron chi connectivity index (χ4n) is 1.21. The molecule has 5 heteroatoms. The van der Waals surface area contributed by atoms with E-state index in [1.54, 1.807) is 6.20 Å². The van der Waals surface area contributed by atoms with Gasteiger partial charge < -0.3 is 5.32 Å². The highest BCUT2D eigenvalue weighted by molar-refractivity contribution is 9.10. The molecule has 0 aromatic carbocycles. The molecule has 0 saturated heterocycles. The third-order valence-electron chi connectivity index (χ3n) is 1.96. The maximum atomic E-state index is 5.80. The van der Waals surface area contributed by atoms with Crippen molar-refractivity contribution in [1.29, 1.82) is 0 Å². The van der Waals surface area contributed by atoms with Crippen LogP contribution in [0.5, 0.6) is 0 Å². The van der Waals surface area contributed by atoms with E-state index in [0.717, 1.165) is 23.1 Å². The van der Waals surface area contributed by atoms with Gasteiger partial charge in [-0.15, -0.1) is 11.6 Å². The van der Waals surface area contributed by atoms with E-state index in [9.17, 15) is 0 Å². The Kier molecular flexibility index (Phi) is 5.72. The van der Waals surface area contributed by atoms with Gasteiger partial charge in [0.15, 0.2) is 0 Å². The van der Waals surface area contributed by atoms with Gasteiger partial charge in [0, 0.05) is 18.1 Å². The molecule has 0 radical (unpaired) electrons. The highest BCUT2D eigenvalue weighted by Crippen LogP contribution is 2.24. The van der Waals surface area contributed by atoms with E-state index in [0.29, 0.717) is 16.9 Å².